The molecule has 0 spiro atoms. The summed E-state index contributed by atoms with van der Waals surface area (Å²) in [6.45, 7) is 1.16. The smallest absolute Gasteiger partial charge is 0.254 e. The van der Waals surface area contributed by atoms with Crippen LogP contribution >= 0.6 is 0 Å². The number of carbonyl (C=O) groups excluding carboxylic acids is 2. The van der Waals surface area contributed by atoms with Crippen molar-refractivity contribution in [3.63, 3.8) is 0 Å². The molecule has 1 fully saturated rings. The molecule has 3 rings (SSSR count). The molecular weight excluding hydrogens is 323 g/mol. The van der Waals surface area contributed by atoms with Crippen LogP contribution in [0.15, 0.2) is 54.6 Å². The minimum absolute atomic E-state index is 0.0700. The molecule has 130 valence electrons. The van der Waals surface area contributed by atoms with Crippen LogP contribution in [-0.4, -0.2) is 43.0 Å². The zero-order chi connectivity index (χ0) is 17.6. The Labute approximate surface area is 145 Å². The maximum absolute atomic E-state index is 13.6. The molecule has 1 heterocycles. The van der Waals surface area contributed by atoms with Crippen molar-refractivity contribution >= 4 is 11.8 Å². The van der Waals surface area contributed by atoms with Gasteiger partial charge in [0.25, 0.3) is 5.91 Å². The second-order valence-electron chi connectivity index (χ2n) is 5.77. The van der Waals surface area contributed by atoms with E-state index in [1.807, 2.05) is 30.3 Å². The average molecular weight is 342 g/mol. The Bertz CT molecular complexity index is 751. The molecule has 2 amide bonds. The van der Waals surface area contributed by atoms with Gasteiger partial charge in [-0.15, -0.1) is 0 Å². The fourth-order valence-electron chi connectivity index (χ4n) is 2.75. The van der Waals surface area contributed by atoms with Crippen LogP contribution < -0.4 is 5.32 Å². The lowest BCUT2D eigenvalue weighted by Gasteiger charge is -2.33. The third-order valence-electron chi connectivity index (χ3n) is 4.11. The van der Waals surface area contributed by atoms with Gasteiger partial charge in [0.2, 0.25) is 5.91 Å². The van der Waals surface area contributed by atoms with Gasteiger partial charge in [0.1, 0.15) is 11.9 Å². The van der Waals surface area contributed by atoms with Crippen LogP contribution in [0, 0.1) is 5.82 Å². The SMILES string of the molecule is O=C(NCC(=O)N1CCOC(c2ccccc2)C1)c1ccccc1F. The van der Waals surface area contributed by atoms with Crippen molar-refractivity contribution in [1.29, 1.82) is 0 Å². The van der Waals surface area contributed by atoms with E-state index in [1.54, 1.807) is 11.0 Å². The zero-order valence-electron chi connectivity index (χ0n) is 13.7. The normalized spacial score (nSPS) is 17.2. The van der Waals surface area contributed by atoms with Gasteiger partial charge in [0.05, 0.1) is 25.3 Å². The number of morpholine rings is 1. The predicted molar refractivity (Wildman–Crippen MR) is 90.4 cm³/mol. The molecule has 1 unspecified atom stereocenters. The predicted octanol–water partition coefficient (Wildman–Crippen LogP) is 2.16. The average Bonchev–Trinajstić information content (AvgIpc) is 2.67. The summed E-state index contributed by atoms with van der Waals surface area (Å²) >= 11 is 0. The Kier molecular flexibility index (Phi) is 5.40. The second kappa shape index (κ2) is 7.90. The Morgan fingerprint density at radius 1 is 1.12 bits per heavy atom. The number of nitrogens with one attached hydrogen (secondary N) is 1. The Balaban J connectivity index is 1.56. The quantitative estimate of drug-likeness (QED) is 0.926. The summed E-state index contributed by atoms with van der Waals surface area (Å²) in [4.78, 5) is 26.0. The third kappa shape index (κ3) is 4.22. The van der Waals surface area contributed by atoms with Crippen LogP contribution in [0.5, 0.6) is 0 Å². The van der Waals surface area contributed by atoms with E-state index < -0.39 is 11.7 Å². The summed E-state index contributed by atoms with van der Waals surface area (Å²) in [5.41, 5.74) is 0.940. The van der Waals surface area contributed by atoms with Gasteiger partial charge in [-0.3, -0.25) is 9.59 Å². The van der Waals surface area contributed by atoms with E-state index in [-0.39, 0.29) is 24.1 Å². The van der Waals surface area contributed by atoms with E-state index in [1.165, 1.54) is 18.2 Å². The lowest BCUT2D eigenvalue weighted by atomic mass is 10.1. The van der Waals surface area contributed by atoms with Crippen molar-refractivity contribution in [2.45, 2.75) is 6.10 Å². The molecule has 0 bridgehead atoms. The molecule has 2 aromatic rings. The highest BCUT2D eigenvalue weighted by Crippen LogP contribution is 2.21. The zero-order valence-corrected chi connectivity index (χ0v) is 13.7. The second-order valence-corrected chi connectivity index (χ2v) is 5.77. The molecule has 1 N–H and O–H groups in total. The Morgan fingerprint density at radius 3 is 2.60 bits per heavy atom. The van der Waals surface area contributed by atoms with E-state index in [2.05, 4.69) is 5.32 Å². The maximum atomic E-state index is 13.6. The molecule has 0 radical (unpaired) electrons. The molecule has 6 heteroatoms. The van der Waals surface area contributed by atoms with Crippen LogP contribution in [0.3, 0.4) is 0 Å². The summed E-state index contributed by atoms with van der Waals surface area (Å²) in [5, 5.41) is 2.48. The lowest BCUT2D eigenvalue weighted by molar-refractivity contribution is -0.137. The number of nitrogens with zero attached hydrogens (tertiary/aromatic N) is 1. The van der Waals surface area contributed by atoms with Gasteiger partial charge in [-0.2, -0.15) is 0 Å². The number of hydrogen-bond donors (Lipinski definition) is 1. The van der Waals surface area contributed by atoms with Crippen LogP contribution in [0.4, 0.5) is 4.39 Å². The monoisotopic (exact) mass is 342 g/mol. The summed E-state index contributed by atoms with van der Waals surface area (Å²) in [6, 6.07) is 15.4. The standard InChI is InChI=1S/C19H19FN2O3/c20-16-9-5-4-8-15(16)19(24)21-12-18(23)22-10-11-25-17(13-22)14-6-2-1-3-7-14/h1-9,17H,10-13H2,(H,21,24). The van der Waals surface area contributed by atoms with E-state index in [0.29, 0.717) is 19.7 Å². The van der Waals surface area contributed by atoms with E-state index in [9.17, 15) is 14.0 Å². The third-order valence-corrected chi connectivity index (χ3v) is 4.11. The maximum Gasteiger partial charge on any atom is 0.254 e. The first-order valence-electron chi connectivity index (χ1n) is 8.12. The van der Waals surface area contributed by atoms with Crippen molar-refractivity contribution in [3.8, 4) is 0 Å². The van der Waals surface area contributed by atoms with Crippen molar-refractivity contribution < 1.29 is 18.7 Å². The first kappa shape index (κ1) is 17.1. The lowest BCUT2D eigenvalue weighted by Crippen LogP contribution is -2.46. The molecule has 0 aliphatic carbocycles. The number of hydrogen-bond acceptors (Lipinski definition) is 3. The molecule has 1 saturated heterocycles. The van der Waals surface area contributed by atoms with Gasteiger partial charge < -0.3 is 15.0 Å². The van der Waals surface area contributed by atoms with Crippen LogP contribution in [-0.2, 0) is 9.53 Å². The minimum Gasteiger partial charge on any atom is -0.370 e. The first-order chi connectivity index (χ1) is 12.1. The van der Waals surface area contributed by atoms with Crippen LogP contribution in [0.1, 0.15) is 22.0 Å². The van der Waals surface area contributed by atoms with Crippen molar-refractivity contribution in [1.82, 2.24) is 10.2 Å². The van der Waals surface area contributed by atoms with E-state index >= 15 is 0 Å². The van der Waals surface area contributed by atoms with Gasteiger partial charge in [-0.05, 0) is 17.7 Å². The summed E-state index contributed by atoms with van der Waals surface area (Å²) in [7, 11) is 0. The van der Waals surface area contributed by atoms with Gasteiger partial charge in [-0.1, -0.05) is 42.5 Å². The topological polar surface area (TPSA) is 58.6 Å². The van der Waals surface area contributed by atoms with E-state index in [4.69, 9.17) is 4.74 Å². The van der Waals surface area contributed by atoms with Crippen LogP contribution in [0.25, 0.3) is 0 Å². The minimum atomic E-state index is -0.608. The van der Waals surface area contributed by atoms with E-state index in [0.717, 1.165) is 5.56 Å². The van der Waals surface area contributed by atoms with Gasteiger partial charge in [0.15, 0.2) is 0 Å². The van der Waals surface area contributed by atoms with Crippen molar-refractivity contribution in [2.24, 2.45) is 0 Å². The van der Waals surface area contributed by atoms with Crippen molar-refractivity contribution in [2.75, 3.05) is 26.2 Å². The molecule has 25 heavy (non-hydrogen) atoms. The molecule has 5 nitrogen and oxygen atoms in total. The highest BCUT2D eigenvalue weighted by molar-refractivity contribution is 5.96. The fraction of sp³-hybridized carbons (Fsp3) is 0.263. The highest BCUT2D eigenvalue weighted by atomic mass is 19.1. The van der Waals surface area contributed by atoms with Crippen molar-refractivity contribution in [3.05, 3.63) is 71.5 Å². The van der Waals surface area contributed by atoms with Gasteiger partial charge in [0, 0.05) is 6.54 Å². The number of amides is 2. The fourth-order valence-corrected chi connectivity index (χ4v) is 2.75. The van der Waals surface area contributed by atoms with Gasteiger partial charge in [-0.25, -0.2) is 4.39 Å². The molecule has 0 aromatic heterocycles. The summed E-state index contributed by atoms with van der Waals surface area (Å²) < 4.78 is 19.3. The number of benzene rings is 2. The summed E-state index contributed by atoms with van der Waals surface area (Å²) in [6.07, 6.45) is -0.179. The molecule has 1 atom stereocenters. The Morgan fingerprint density at radius 2 is 1.84 bits per heavy atom. The molecule has 2 aromatic carbocycles. The Hall–Kier alpha value is -2.73. The molecular formula is C19H19FN2O3. The largest absolute Gasteiger partial charge is 0.370 e. The van der Waals surface area contributed by atoms with Crippen LogP contribution in [0.2, 0.25) is 0 Å². The highest BCUT2D eigenvalue weighted by Gasteiger charge is 2.25. The number of ether oxygens (including phenoxy) is 1. The number of rotatable bonds is 4. The van der Waals surface area contributed by atoms with Gasteiger partial charge >= 0.3 is 0 Å². The number of carbonyl (C=O) groups is 2. The summed E-state index contributed by atoms with van der Waals surface area (Å²) in [5.74, 6) is -1.42. The number of halogens is 1. The molecule has 1 aliphatic heterocycles. The molecule has 0 saturated carbocycles. The molecule has 1 aliphatic rings. The first-order valence-corrected chi connectivity index (χ1v) is 8.12.